The van der Waals surface area contributed by atoms with Crippen LogP contribution in [0.2, 0.25) is 0 Å². The predicted octanol–water partition coefficient (Wildman–Crippen LogP) is 2.93. The minimum Gasteiger partial charge on any atom is -0.339 e. The van der Waals surface area contributed by atoms with Crippen LogP contribution < -0.4 is 0 Å². The molecule has 1 saturated heterocycles. The summed E-state index contributed by atoms with van der Waals surface area (Å²) >= 11 is 0. The average molecular weight is 382 g/mol. The third kappa shape index (κ3) is 3.65. The fraction of sp³-hybridized carbons (Fsp3) is 0.300. The SMILES string of the molecule is Cn1cnc(S(=O)(=O)N2CCC[C@H]2c2cccc(Cc3ccccc3)n2)c1. The van der Waals surface area contributed by atoms with Crippen molar-refractivity contribution in [2.24, 2.45) is 7.05 Å². The maximum Gasteiger partial charge on any atom is 0.262 e. The highest BCUT2D eigenvalue weighted by atomic mass is 32.2. The fourth-order valence-corrected chi connectivity index (χ4v) is 5.19. The van der Waals surface area contributed by atoms with E-state index in [0.717, 1.165) is 30.7 Å². The molecule has 6 nitrogen and oxygen atoms in total. The van der Waals surface area contributed by atoms with Crippen LogP contribution in [0.3, 0.4) is 0 Å². The summed E-state index contributed by atoms with van der Waals surface area (Å²) in [6.07, 6.45) is 5.38. The van der Waals surface area contributed by atoms with Gasteiger partial charge < -0.3 is 4.57 Å². The Labute approximate surface area is 159 Å². The van der Waals surface area contributed by atoms with Crippen LogP contribution >= 0.6 is 0 Å². The lowest BCUT2D eigenvalue weighted by atomic mass is 10.1. The van der Waals surface area contributed by atoms with Crippen LogP contribution in [-0.4, -0.2) is 33.8 Å². The van der Waals surface area contributed by atoms with E-state index >= 15 is 0 Å². The van der Waals surface area contributed by atoms with E-state index < -0.39 is 10.0 Å². The molecule has 27 heavy (non-hydrogen) atoms. The van der Waals surface area contributed by atoms with E-state index in [1.165, 1.54) is 11.9 Å². The van der Waals surface area contributed by atoms with E-state index in [9.17, 15) is 8.42 Å². The Morgan fingerprint density at radius 3 is 2.67 bits per heavy atom. The van der Waals surface area contributed by atoms with Crippen molar-refractivity contribution in [2.75, 3.05) is 6.54 Å². The molecule has 7 heteroatoms. The van der Waals surface area contributed by atoms with Crippen molar-refractivity contribution in [2.45, 2.75) is 30.3 Å². The van der Waals surface area contributed by atoms with E-state index in [1.54, 1.807) is 22.1 Å². The highest BCUT2D eigenvalue weighted by molar-refractivity contribution is 7.89. The molecule has 0 radical (unpaired) electrons. The molecule has 0 unspecified atom stereocenters. The van der Waals surface area contributed by atoms with Gasteiger partial charge in [0.25, 0.3) is 10.0 Å². The lowest BCUT2D eigenvalue weighted by Crippen LogP contribution is -2.31. The lowest BCUT2D eigenvalue weighted by molar-refractivity contribution is 0.388. The molecule has 1 fully saturated rings. The van der Waals surface area contributed by atoms with Gasteiger partial charge in [-0.2, -0.15) is 4.31 Å². The molecule has 0 aliphatic carbocycles. The van der Waals surface area contributed by atoms with Crippen LogP contribution in [-0.2, 0) is 23.5 Å². The number of hydrogen-bond acceptors (Lipinski definition) is 4. The monoisotopic (exact) mass is 382 g/mol. The highest BCUT2D eigenvalue weighted by Crippen LogP contribution is 2.35. The molecule has 0 N–H and O–H groups in total. The molecule has 4 rings (SSSR count). The van der Waals surface area contributed by atoms with E-state index in [1.807, 2.05) is 36.4 Å². The van der Waals surface area contributed by atoms with Crippen molar-refractivity contribution >= 4 is 10.0 Å². The quantitative estimate of drug-likeness (QED) is 0.680. The second-order valence-corrected chi connectivity index (χ2v) is 8.70. The van der Waals surface area contributed by atoms with Crippen molar-refractivity contribution < 1.29 is 8.42 Å². The molecule has 0 saturated carbocycles. The van der Waals surface area contributed by atoms with E-state index in [0.29, 0.717) is 6.54 Å². The molecule has 1 atom stereocenters. The average Bonchev–Trinajstić information content (AvgIpc) is 3.32. The van der Waals surface area contributed by atoms with Gasteiger partial charge in [-0.1, -0.05) is 36.4 Å². The predicted molar refractivity (Wildman–Crippen MR) is 103 cm³/mol. The second kappa shape index (κ2) is 7.25. The number of pyridine rings is 1. The fourth-order valence-electron chi connectivity index (χ4n) is 3.55. The minimum atomic E-state index is -3.63. The van der Waals surface area contributed by atoms with Crippen molar-refractivity contribution in [1.82, 2.24) is 18.8 Å². The third-order valence-corrected chi connectivity index (χ3v) is 6.65. The van der Waals surface area contributed by atoms with Crippen molar-refractivity contribution in [3.8, 4) is 0 Å². The van der Waals surface area contributed by atoms with Gasteiger partial charge in [-0.15, -0.1) is 0 Å². The number of aromatic nitrogens is 3. The summed E-state index contributed by atoms with van der Waals surface area (Å²) in [6, 6.07) is 15.8. The van der Waals surface area contributed by atoms with Crippen molar-refractivity contribution in [3.63, 3.8) is 0 Å². The van der Waals surface area contributed by atoms with E-state index in [4.69, 9.17) is 4.98 Å². The van der Waals surface area contributed by atoms with Gasteiger partial charge in [0.2, 0.25) is 0 Å². The minimum absolute atomic E-state index is 0.0948. The summed E-state index contributed by atoms with van der Waals surface area (Å²) in [6.45, 7) is 0.494. The number of rotatable bonds is 5. The molecule has 1 aliphatic heterocycles. The molecule has 2 aromatic heterocycles. The van der Waals surface area contributed by atoms with Crippen molar-refractivity contribution in [3.05, 3.63) is 78.0 Å². The van der Waals surface area contributed by atoms with Gasteiger partial charge in [0.15, 0.2) is 5.03 Å². The second-order valence-electron chi connectivity index (χ2n) is 6.87. The largest absolute Gasteiger partial charge is 0.339 e. The van der Waals surface area contributed by atoms with Gasteiger partial charge in [-0.3, -0.25) is 4.98 Å². The smallest absolute Gasteiger partial charge is 0.262 e. The van der Waals surface area contributed by atoms with Crippen LogP contribution in [0.4, 0.5) is 0 Å². The van der Waals surface area contributed by atoms with E-state index in [2.05, 4.69) is 17.1 Å². The van der Waals surface area contributed by atoms with Crippen LogP contribution in [0, 0.1) is 0 Å². The first-order valence-corrected chi connectivity index (χ1v) is 10.5. The standard InChI is InChI=1S/C20H22N4O2S/c1-23-14-20(21-15-23)27(25,26)24-12-6-11-19(24)18-10-5-9-17(22-18)13-16-7-3-2-4-8-16/h2-5,7-10,14-15,19H,6,11-13H2,1H3/t19-/m0/s1. The van der Waals surface area contributed by atoms with Gasteiger partial charge in [0.05, 0.1) is 18.1 Å². The van der Waals surface area contributed by atoms with Gasteiger partial charge in [0.1, 0.15) is 0 Å². The first-order chi connectivity index (χ1) is 13.0. The van der Waals surface area contributed by atoms with Crippen LogP contribution in [0.15, 0.2) is 66.1 Å². The zero-order valence-electron chi connectivity index (χ0n) is 15.2. The third-order valence-electron chi connectivity index (χ3n) is 4.86. The number of imidazole rings is 1. The number of sulfonamides is 1. The Kier molecular flexibility index (Phi) is 4.80. The molecule has 3 aromatic rings. The maximum atomic E-state index is 13.0. The Bertz CT molecular complexity index is 1030. The first-order valence-electron chi connectivity index (χ1n) is 9.03. The van der Waals surface area contributed by atoms with Gasteiger partial charge in [-0.25, -0.2) is 13.4 Å². The number of aryl methyl sites for hydroxylation is 1. The highest BCUT2D eigenvalue weighted by Gasteiger charge is 2.38. The molecule has 0 amide bonds. The van der Waals surface area contributed by atoms with Gasteiger partial charge in [-0.05, 0) is 30.5 Å². The van der Waals surface area contributed by atoms with Crippen LogP contribution in [0.5, 0.6) is 0 Å². The van der Waals surface area contributed by atoms with E-state index in [-0.39, 0.29) is 11.1 Å². The Morgan fingerprint density at radius 1 is 1.11 bits per heavy atom. The van der Waals surface area contributed by atoms with Crippen molar-refractivity contribution in [1.29, 1.82) is 0 Å². The molecule has 140 valence electrons. The zero-order valence-corrected chi connectivity index (χ0v) is 16.0. The maximum absolute atomic E-state index is 13.0. The molecule has 1 aliphatic rings. The molecular weight excluding hydrogens is 360 g/mol. The van der Waals surface area contributed by atoms with Gasteiger partial charge >= 0.3 is 0 Å². The Morgan fingerprint density at radius 2 is 1.93 bits per heavy atom. The zero-order chi connectivity index (χ0) is 18.9. The Balaban J connectivity index is 1.61. The molecule has 0 bridgehead atoms. The number of benzene rings is 1. The number of nitrogens with zero attached hydrogens (tertiary/aromatic N) is 4. The Hall–Kier alpha value is -2.51. The summed E-state index contributed by atoms with van der Waals surface area (Å²) in [4.78, 5) is 8.83. The summed E-state index contributed by atoms with van der Waals surface area (Å²) < 4.78 is 29.3. The normalized spacial score (nSPS) is 18.0. The summed E-state index contributed by atoms with van der Waals surface area (Å²) in [5.41, 5.74) is 2.94. The van der Waals surface area contributed by atoms with Crippen LogP contribution in [0.1, 0.15) is 35.8 Å². The summed E-state index contributed by atoms with van der Waals surface area (Å²) in [5.74, 6) is 0. The number of hydrogen-bond donors (Lipinski definition) is 0. The topological polar surface area (TPSA) is 68.1 Å². The molecule has 3 heterocycles. The van der Waals surface area contributed by atoms with Crippen LogP contribution in [0.25, 0.3) is 0 Å². The summed E-state index contributed by atoms with van der Waals surface area (Å²) in [5, 5.41) is 0.0948. The lowest BCUT2D eigenvalue weighted by Gasteiger charge is -2.23. The van der Waals surface area contributed by atoms with Gasteiger partial charge in [0, 0.05) is 31.9 Å². The first kappa shape index (κ1) is 17.9. The summed E-state index contributed by atoms with van der Waals surface area (Å²) in [7, 11) is -1.86. The molecule has 0 spiro atoms. The molecular formula is C20H22N4O2S. The molecule has 1 aromatic carbocycles.